The third-order valence-electron chi connectivity index (χ3n) is 3.05. The van der Waals surface area contributed by atoms with Gasteiger partial charge in [0.2, 0.25) is 0 Å². The van der Waals surface area contributed by atoms with E-state index in [1.54, 1.807) is 7.11 Å². The normalized spacial score (nSPS) is 22.5. The van der Waals surface area contributed by atoms with Crippen LogP contribution in [0.1, 0.15) is 24.4 Å². The van der Waals surface area contributed by atoms with E-state index in [0.717, 1.165) is 31.8 Å². The van der Waals surface area contributed by atoms with Crippen molar-refractivity contribution in [1.29, 1.82) is 0 Å². The number of rotatable bonds is 4. The minimum absolute atomic E-state index is 0.0271. The van der Waals surface area contributed by atoms with Crippen molar-refractivity contribution >= 4 is 0 Å². The molecule has 0 radical (unpaired) electrons. The van der Waals surface area contributed by atoms with Crippen LogP contribution in [0.3, 0.4) is 0 Å². The zero-order valence-corrected chi connectivity index (χ0v) is 9.69. The number of hydrogen-bond acceptors (Lipinski definition) is 4. The quantitative estimate of drug-likeness (QED) is 0.841. The van der Waals surface area contributed by atoms with E-state index in [2.05, 4.69) is 4.90 Å². The average Bonchev–Trinajstić information content (AvgIpc) is 2.77. The fourth-order valence-electron chi connectivity index (χ4n) is 2.16. The number of nitrogens with zero attached hydrogens (tertiary/aromatic N) is 1. The van der Waals surface area contributed by atoms with Crippen LogP contribution in [0, 0.1) is 0 Å². The average molecular weight is 225 g/mol. The highest BCUT2D eigenvalue weighted by molar-refractivity contribution is 5.06. The first-order valence-corrected chi connectivity index (χ1v) is 5.75. The zero-order chi connectivity index (χ0) is 11.4. The van der Waals surface area contributed by atoms with Gasteiger partial charge in [-0.25, -0.2) is 0 Å². The Morgan fingerprint density at radius 2 is 2.31 bits per heavy atom. The van der Waals surface area contributed by atoms with E-state index in [0.29, 0.717) is 11.9 Å². The molecular weight excluding hydrogens is 206 g/mol. The molecule has 2 rings (SSSR count). The molecule has 0 aromatic carbocycles. The van der Waals surface area contributed by atoms with Crippen LogP contribution in [0.15, 0.2) is 16.5 Å². The fourth-order valence-corrected chi connectivity index (χ4v) is 2.16. The lowest BCUT2D eigenvalue weighted by molar-refractivity contribution is 0.0261. The predicted octanol–water partition coefficient (Wildman–Crippen LogP) is 1.38. The van der Waals surface area contributed by atoms with E-state index in [9.17, 15) is 0 Å². The van der Waals surface area contributed by atoms with Crippen molar-refractivity contribution in [2.75, 3.05) is 20.2 Å². The highest BCUT2D eigenvalue weighted by atomic mass is 16.5. The maximum atomic E-state index is 8.91. The first-order valence-electron chi connectivity index (χ1n) is 5.75. The summed E-state index contributed by atoms with van der Waals surface area (Å²) in [6.07, 6.45) is 2.67. The van der Waals surface area contributed by atoms with Crippen molar-refractivity contribution in [3.63, 3.8) is 0 Å². The minimum atomic E-state index is -0.0271. The van der Waals surface area contributed by atoms with Crippen molar-refractivity contribution in [3.05, 3.63) is 23.7 Å². The van der Waals surface area contributed by atoms with Crippen LogP contribution in [0.2, 0.25) is 0 Å². The van der Waals surface area contributed by atoms with Gasteiger partial charge in [0.1, 0.15) is 18.1 Å². The molecule has 0 amide bonds. The largest absolute Gasteiger partial charge is 0.462 e. The van der Waals surface area contributed by atoms with Crippen LogP contribution in [0.4, 0.5) is 0 Å². The Kier molecular flexibility index (Phi) is 3.98. The Morgan fingerprint density at radius 3 is 3.00 bits per heavy atom. The summed E-state index contributed by atoms with van der Waals surface area (Å²) in [5.41, 5.74) is 0. The second-order valence-corrected chi connectivity index (χ2v) is 4.26. The Bertz CT molecular complexity index is 324. The molecule has 1 unspecified atom stereocenters. The maximum absolute atomic E-state index is 8.91. The number of ether oxygens (including phenoxy) is 1. The molecule has 4 heteroatoms. The predicted molar refractivity (Wildman–Crippen MR) is 59.9 cm³/mol. The van der Waals surface area contributed by atoms with Gasteiger partial charge in [-0.1, -0.05) is 0 Å². The summed E-state index contributed by atoms with van der Waals surface area (Å²) in [4.78, 5) is 2.33. The maximum Gasteiger partial charge on any atom is 0.129 e. The van der Waals surface area contributed by atoms with Crippen molar-refractivity contribution < 1.29 is 14.3 Å². The summed E-state index contributed by atoms with van der Waals surface area (Å²) in [5.74, 6) is 1.55. The molecule has 1 saturated heterocycles. The van der Waals surface area contributed by atoms with Gasteiger partial charge in [-0.15, -0.1) is 0 Å². The summed E-state index contributed by atoms with van der Waals surface area (Å²) in [6, 6.07) is 3.76. The van der Waals surface area contributed by atoms with Gasteiger partial charge >= 0.3 is 0 Å². The van der Waals surface area contributed by atoms with Crippen LogP contribution in [0.25, 0.3) is 0 Å². The Morgan fingerprint density at radius 1 is 1.50 bits per heavy atom. The minimum Gasteiger partial charge on any atom is -0.462 e. The first kappa shape index (κ1) is 11.6. The van der Waals surface area contributed by atoms with Gasteiger partial charge in [-0.05, 0) is 31.5 Å². The Labute approximate surface area is 95.8 Å². The SMILES string of the molecule is COC1CCCN(Cc2ccc(CO)o2)C1. The van der Waals surface area contributed by atoms with Gasteiger partial charge in [0.15, 0.2) is 0 Å². The van der Waals surface area contributed by atoms with E-state index < -0.39 is 0 Å². The van der Waals surface area contributed by atoms with Crippen LogP contribution in [-0.4, -0.2) is 36.3 Å². The zero-order valence-electron chi connectivity index (χ0n) is 9.69. The van der Waals surface area contributed by atoms with Gasteiger partial charge in [-0.3, -0.25) is 4.90 Å². The highest BCUT2D eigenvalue weighted by Crippen LogP contribution is 2.16. The van der Waals surface area contributed by atoms with Gasteiger partial charge in [0.05, 0.1) is 12.6 Å². The highest BCUT2D eigenvalue weighted by Gasteiger charge is 2.20. The monoisotopic (exact) mass is 225 g/mol. The van der Waals surface area contributed by atoms with Crippen LogP contribution >= 0.6 is 0 Å². The first-order chi connectivity index (χ1) is 7.81. The molecule has 1 N–H and O–H groups in total. The number of furan rings is 1. The van der Waals surface area contributed by atoms with Crippen molar-refractivity contribution in [3.8, 4) is 0 Å². The molecular formula is C12H19NO3. The topological polar surface area (TPSA) is 45.8 Å². The van der Waals surface area contributed by atoms with Gasteiger partial charge in [0.25, 0.3) is 0 Å². The number of likely N-dealkylation sites (tertiary alicyclic amines) is 1. The standard InChI is InChI=1S/C12H19NO3/c1-15-10-3-2-6-13(7-10)8-11-4-5-12(9-14)16-11/h4-5,10,14H,2-3,6-9H2,1H3. The molecule has 1 atom stereocenters. The second kappa shape index (κ2) is 5.48. The smallest absolute Gasteiger partial charge is 0.129 e. The van der Waals surface area contributed by atoms with E-state index in [4.69, 9.17) is 14.3 Å². The lowest BCUT2D eigenvalue weighted by atomic mass is 10.1. The van der Waals surface area contributed by atoms with Crippen LogP contribution in [-0.2, 0) is 17.9 Å². The Balaban J connectivity index is 1.88. The van der Waals surface area contributed by atoms with Crippen molar-refractivity contribution in [2.24, 2.45) is 0 Å². The summed E-state index contributed by atoms with van der Waals surface area (Å²) in [7, 11) is 1.77. The summed E-state index contributed by atoms with van der Waals surface area (Å²) in [5, 5.41) is 8.91. The summed E-state index contributed by atoms with van der Waals surface area (Å²) < 4.78 is 10.8. The molecule has 1 aromatic heterocycles. The summed E-state index contributed by atoms with van der Waals surface area (Å²) >= 11 is 0. The van der Waals surface area contributed by atoms with Gasteiger partial charge < -0.3 is 14.3 Å². The second-order valence-electron chi connectivity index (χ2n) is 4.26. The lowest BCUT2D eigenvalue weighted by Gasteiger charge is -2.31. The third kappa shape index (κ3) is 2.84. The van der Waals surface area contributed by atoms with Crippen molar-refractivity contribution in [2.45, 2.75) is 32.1 Å². The van der Waals surface area contributed by atoms with E-state index in [1.165, 1.54) is 6.42 Å². The number of methoxy groups -OCH3 is 1. The summed E-state index contributed by atoms with van der Waals surface area (Å²) in [6.45, 7) is 2.83. The van der Waals surface area contributed by atoms with Crippen LogP contribution in [0.5, 0.6) is 0 Å². The van der Waals surface area contributed by atoms with Gasteiger partial charge in [0, 0.05) is 13.7 Å². The molecule has 1 aliphatic rings. The molecule has 2 heterocycles. The Hall–Kier alpha value is -0.840. The molecule has 0 spiro atoms. The molecule has 1 fully saturated rings. The number of aliphatic hydroxyl groups excluding tert-OH is 1. The third-order valence-corrected chi connectivity index (χ3v) is 3.05. The molecule has 0 saturated carbocycles. The van der Waals surface area contributed by atoms with Crippen molar-refractivity contribution in [1.82, 2.24) is 4.90 Å². The number of hydrogen-bond donors (Lipinski definition) is 1. The molecule has 4 nitrogen and oxygen atoms in total. The molecule has 90 valence electrons. The molecule has 1 aromatic rings. The van der Waals surface area contributed by atoms with Gasteiger partial charge in [-0.2, -0.15) is 0 Å². The number of aliphatic hydroxyl groups is 1. The lowest BCUT2D eigenvalue weighted by Crippen LogP contribution is -2.38. The van der Waals surface area contributed by atoms with Crippen LogP contribution < -0.4 is 0 Å². The van der Waals surface area contributed by atoms with E-state index in [-0.39, 0.29) is 6.61 Å². The fraction of sp³-hybridized carbons (Fsp3) is 0.667. The number of piperidine rings is 1. The van der Waals surface area contributed by atoms with E-state index >= 15 is 0 Å². The molecule has 1 aliphatic heterocycles. The van der Waals surface area contributed by atoms with E-state index in [1.807, 2.05) is 12.1 Å². The molecule has 16 heavy (non-hydrogen) atoms. The molecule has 0 aliphatic carbocycles. The molecule has 0 bridgehead atoms.